The summed E-state index contributed by atoms with van der Waals surface area (Å²) in [6.45, 7) is 13.4. The van der Waals surface area contributed by atoms with Crippen LogP contribution in [0.25, 0.3) is 6.08 Å². The van der Waals surface area contributed by atoms with Crippen LogP contribution >= 0.6 is 0 Å². The number of nitrogens with one attached hydrogen (secondary N) is 2. The SMILES string of the molecule is C=Cc1cccc(C(C(=O)NCCCC)N(CCCCCCCC)C(=O)C(CO)NC(=O)OC(C)(C)C)c1. The number of aliphatic hydroxyl groups is 1. The summed E-state index contributed by atoms with van der Waals surface area (Å²) in [6, 6.07) is 5.18. The van der Waals surface area contributed by atoms with E-state index in [9.17, 15) is 19.5 Å². The van der Waals surface area contributed by atoms with E-state index in [1.807, 2.05) is 31.2 Å². The molecule has 3 amide bonds. The Hall–Kier alpha value is -2.87. The third kappa shape index (κ3) is 12.1. The highest BCUT2D eigenvalue weighted by molar-refractivity contribution is 5.92. The molecule has 0 bridgehead atoms. The van der Waals surface area contributed by atoms with Crippen molar-refractivity contribution >= 4 is 24.0 Å². The first-order valence-electron chi connectivity index (χ1n) is 14.0. The molecule has 0 heterocycles. The average Bonchev–Trinajstić information content (AvgIpc) is 2.87. The van der Waals surface area contributed by atoms with Crippen molar-refractivity contribution in [2.75, 3.05) is 19.7 Å². The topological polar surface area (TPSA) is 108 Å². The number of rotatable bonds is 17. The molecule has 0 saturated carbocycles. The third-order valence-corrected chi connectivity index (χ3v) is 6.06. The molecule has 1 aromatic carbocycles. The van der Waals surface area contributed by atoms with E-state index < -0.39 is 36.3 Å². The zero-order chi connectivity index (χ0) is 28.6. The summed E-state index contributed by atoms with van der Waals surface area (Å²) in [5, 5.41) is 15.5. The number of carbonyl (C=O) groups excluding carboxylic acids is 3. The van der Waals surface area contributed by atoms with E-state index >= 15 is 0 Å². The fourth-order valence-electron chi connectivity index (χ4n) is 4.08. The van der Waals surface area contributed by atoms with Gasteiger partial charge < -0.3 is 25.4 Å². The molecular weight excluding hydrogens is 482 g/mol. The van der Waals surface area contributed by atoms with E-state index in [-0.39, 0.29) is 5.91 Å². The summed E-state index contributed by atoms with van der Waals surface area (Å²) >= 11 is 0. The van der Waals surface area contributed by atoms with Crippen molar-refractivity contribution in [3.05, 3.63) is 42.0 Å². The third-order valence-electron chi connectivity index (χ3n) is 6.06. The van der Waals surface area contributed by atoms with E-state index in [2.05, 4.69) is 24.1 Å². The standard InChI is InChI=1S/C30H49N3O5/c1-7-10-12-13-14-15-20-33(28(36)25(22-34)32-29(37)38-30(4,5)6)26(27(35)31-19-11-8-2)24-18-16-17-23(9-3)21-24/h9,16-18,21,25-26,34H,3,7-8,10-15,19-20,22H2,1-2,4-6H3,(H,31,35)(H,32,37). The fourth-order valence-corrected chi connectivity index (χ4v) is 4.08. The Kier molecular flexibility index (Phi) is 15.4. The second-order valence-corrected chi connectivity index (χ2v) is 10.6. The number of unbranched alkanes of at least 4 members (excludes halogenated alkanes) is 6. The lowest BCUT2D eigenvalue weighted by Gasteiger charge is -2.34. The first kappa shape index (κ1) is 33.2. The number of hydrogen-bond acceptors (Lipinski definition) is 5. The van der Waals surface area contributed by atoms with Crippen molar-refractivity contribution in [2.45, 2.75) is 104 Å². The molecule has 1 rings (SSSR count). The van der Waals surface area contributed by atoms with Gasteiger partial charge >= 0.3 is 6.09 Å². The molecule has 0 saturated heterocycles. The van der Waals surface area contributed by atoms with Gasteiger partial charge in [0.15, 0.2) is 0 Å². The van der Waals surface area contributed by atoms with Crippen molar-refractivity contribution in [3.63, 3.8) is 0 Å². The second kappa shape index (κ2) is 17.6. The number of alkyl carbamates (subject to hydrolysis) is 1. The number of benzene rings is 1. The fraction of sp³-hybridized carbons (Fsp3) is 0.633. The van der Waals surface area contributed by atoms with Gasteiger partial charge in [-0.2, -0.15) is 0 Å². The van der Waals surface area contributed by atoms with Crippen LogP contribution in [0.4, 0.5) is 4.79 Å². The Morgan fingerprint density at radius 1 is 1.05 bits per heavy atom. The second-order valence-electron chi connectivity index (χ2n) is 10.6. The summed E-state index contributed by atoms with van der Waals surface area (Å²) in [7, 11) is 0. The number of carbonyl (C=O) groups is 3. The average molecular weight is 532 g/mol. The van der Waals surface area contributed by atoms with Crippen LogP contribution < -0.4 is 10.6 Å². The van der Waals surface area contributed by atoms with Crippen molar-refractivity contribution in [1.29, 1.82) is 0 Å². The highest BCUT2D eigenvalue weighted by Crippen LogP contribution is 2.25. The minimum atomic E-state index is -1.25. The first-order chi connectivity index (χ1) is 18.1. The summed E-state index contributed by atoms with van der Waals surface area (Å²) in [4.78, 5) is 41.3. The Bertz CT molecular complexity index is 881. The lowest BCUT2D eigenvalue weighted by Crippen LogP contribution is -2.54. The molecule has 0 radical (unpaired) electrons. The lowest BCUT2D eigenvalue weighted by atomic mass is 9.99. The molecule has 3 N–H and O–H groups in total. The molecule has 0 aliphatic rings. The van der Waals surface area contributed by atoms with Gasteiger partial charge in [0, 0.05) is 13.1 Å². The number of ether oxygens (including phenoxy) is 1. The van der Waals surface area contributed by atoms with Crippen molar-refractivity contribution in [3.8, 4) is 0 Å². The van der Waals surface area contributed by atoms with E-state index in [0.29, 0.717) is 25.1 Å². The quantitative estimate of drug-likeness (QED) is 0.235. The molecule has 8 nitrogen and oxygen atoms in total. The Morgan fingerprint density at radius 3 is 2.32 bits per heavy atom. The van der Waals surface area contributed by atoms with Crippen LogP contribution in [0.3, 0.4) is 0 Å². The van der Waals surface area contributed by atoms with Gasteiger partial charge in [0.05, 0.1) is 6.61 Å². The largest absolute Gasteiger partial charge is 0.444 e. The zero-order valence-corrected chi connectivity index (χ0v) is 24.1. The maximum Gasteiger partial charge on any atom is 0.408 e. The van der Waals surface area contributed by atoms with E-state index in [1.165, 1.54) is 4.90 Å². The summed E-state index contributed by atoms with van der Waals surface area (Å²) in [5.41, 5.74) is 0.703. The predicted molar refractivity (Wildman–Crippen MR) is 153 cm³/mol. The van der Waals surface area contributed by atoms with Crippen LogP contribution in [0.5, 0.6) is 0 Å². The lowest BCUT2D eigenvalue weighted by molar-refractivity contribution is -0.143. The maximum absolute atomic E-state index is 13.8. The van der Waals surface area contributed by atoms with Crippen LogP contribution in [0.15, 0.2) is 30.8 Å². The van der Waals surface area contributed by atoms with Gasteiger partial charge in [-0.15, -0.1) is 0 Å². The van der Waals surface area contributed by atoms with Crippen molar-refractivity contribution in [1.82, 2.24) is 15.5 Å². The molecule has 8 heteroatoms. The van der Waals surface area contributed by atoms with Gasteiger partial charge in [0.25, 0.3) is 0 Å². The molecule has 38 heavy (non-hydrogen) atoms. The molecule has 0 fully saturated rings. The van der Waals surface area contributed by atoms with Crippen LogP contribution in [-0.4, -0.2) is 59.3 Å². The molecule has 2 unspecified atom stereocenters. The summed E-state index contributed by atoms with van der Waals surface area (Å²) in [6.07, 6.45) is 8.67. The number of hydrogen-bond donors (Lipinski definition) is 3. The molecule has 214 valence electrons. The zero-order valence-electron chi connectivity index (χ0n) is 24.1. The molecular formula is C30H49N3O5. The predicted octanol–water partition coefficient (Wildman–Crippen LogP) is 5.36. The molecule has 0 aliphatic heterocycles. The summed E-state index contributed by atoms with van der Waals surface area (Å²) < 4.78 is 5.30. The molecule has 1 aromatic rings. The van der Waals surface area contributed by atoms with Gasteiger partial charge in [-0.1, -0.05) is 83.2 Å². The minimum Gasteiger partial charge on any atom is -0.444 e. The van der Waals surface area contributed by atoms with Crippen molar-refractivity contribution < 1.29 is 24.2 Å². The number of aliphatic hydroxyl groups excluding tert-OH is 1. The number of amides is 3. The van der Waals surface area contributed by atoms with Crippen molar-refractivity contribution in [2.24, 2.45) is 0 Å². The Balaban J connectivity index is 3.35. The Morgan fingerprint density at radius 2 is 1.71 bits per heavy atom. The van der Waals surface area contributed by atoms with Crippen LogP contribution in [0.2, 0.25) is 0 Å². The smallest absolute Gasteiger partial charge is 0.408 e. The highest BCUT2D eigenvalue weighted by atomic mass is 16.6. The maximum atomic E-state index is 13.8. The molecule has 0 aromatic heterocycles. The number of nitrogens with zero attached hydrogens (tertiary/aromatic N) is 1. The molecule has 0 aliphatic carbocycles. The van der Waals surface area contributed by atoms with E-state index in [4.69, 9.17) is 4.74 Å². The van der Waals surface area contributed by atoms with E-state index in [1.54, 1.807) is 26.8 Å². The minimum absolute atomic E-state index is 0.298. The Labute approximate surface area is 229 Å². The van der Waals surface area contributed by atoms with E-state index in [0.717, 1.165) is 50.5 Å². The van der Waals surface area contributed by atoms with Crippen LogP contribution in [-0.2, 0) is 14.3 Å². The van der Waals surface area contributed by atoms with Gasteiger partial charge in [-0.05, 0) is 50.8 Å². The first-order valence-corrected chi connectivity index (χ1v) is 14.0. The van der Waals surface area contributed by atoms with Gasteiger partial charge in [0.2, 0.25) is 11.8 Å². The van der Waals surface area contributed by atoms with Gasteiger partial charge in [-0.25, -0.2) is 4.79 Å². The normalized spacial score (nSPS) is 12.8. The summed E-state index contributed by atoms with van der Waals surface area (Å²) in [5.74, 6) is -0.834. The van der Waals surface area contributed by atoms with Crippen LogP contribution in [0, 0.1) is 0 Å². The molecule has 0 spiro atoms. The molecule has 2 atom stereocenters. The highest BCUT2D eigenvalue weighted by Gasteiger charge is 2.35. The monoisotopic (exact) mass is 531 g/mol. The van der Waals surface area contributed by atoms with Crippen LogP contribution in [0.1, 0.15) is 103 Å². The van der Waals surface area contributed by atoms with Gasteiger partial charge in [0.1, 0.15) is 17.7 Å². The van der Waals surface area contributed by atoms with Gasteiger partial charge in [-0.3, -0.25) is 9.59 Å².